The molecule has 0 atom stereocenters. The van der Waals surface area contributed by atoms with Crippen molar-refractivity contribution in [2.45, 2.75) is 20.3 Å². The molecule has 0 unspecified atom stereocenters. The highest BCUT2D eigenvalue weighted by atomic mass is 16.6. The van der Waals surface area contributed by atoms with Crippen LogP contribution in [0.25, 0.3) is 6.08 Å². The Kier molecular flexibility index (Phi) is 5.26. The molecule has 0 fully saturated rings. The van der Waals surface area contributed by atoms with Crippen molar-refractivity contribution >= 4 is 23.7 Å². The van der Waals surface area contributed by atoms with Crippen LogP contribution in [0.3, 0.4) is 0 Å². The van der Waals surface area contributed by atoms with Gasteiger partial charge >= 0.3 is 11.9 Å². The van der Waals surface area contributed by atoms with E-state index in [4.69, 9.17) is 9.15 Å². The Bertz CT molecular complexity index is 818. The number of benzene rings is 1. The molecular formula is C17H15NO6. The van der Waals surface area contributed by atoms with Crippen LogP contribution in [0, 0.1) is 10.1 Å². The van der Waals surface area contributed by atoms with Gasteiger partial charge in [-0.25, -0.2) is 0 Å². The van der Waals surface area contributed by atoms with E-state index in [2.05, 4.69) is 0 Å². The number of nitro groups is 1. The van der Waals surface area contributed by atoms with E-state index < -0.39 is 22.6 Å². The lowest BCUT2D eigenvalue weighted by Crippen LogP contribution is -2.07. The molecule has 1 heterocycles. The van der Waals surface area contributed by atoms with Gasteiger partial charge in [0.25, 0.3) is 0 Å². The number of ketones is 1. The summed E-state index contributed by atoms with van der Waals surface area (Å²) in [5.41, 5.74) is 1.15. The number of nitrogens with zero attached hydrogens (tertiary/aromatic N) is 1. The Morgan fingerprint density at radius 2 is 2.04 bits per heavy atom. The summed E-state index contributed by atoms with van der Waals surface area (Å²) in [6.07, 6.45) is 3.25. The molecule has 0 N–H and O–H groups in total. The second-order valence-electron chi connectivity index (χ2n) is 4.91. The minimum Gasteiger partial charge on any atom is -0.426 e. The molecule has 0 saturated heterocycles. The summed E-state index contributed by atoms with van der Waals surface area (Å²) >= 11 is 0. The Labute approximate surface area is 137 Å². The zero-order valence-corrected chi connectivity index (χ0v) is 13.1. The van der Waals surface area contributed by atoms with Crippen LogP contribution in [0.5, 0.6) is 5.75 Å². The van der Waals surface area contributed by atoms with Crippen molar-refractivity contribution in [3.8, 4) is 5.75 Å². The van der Waals surface area contributed by atoms with Gasteiger partial charge in [-0.1, -0.05) is 13.0 Å². The van der Waals surface area contributed by atoms with Crippen LogP contribution in [0.4, 0.5) is 5.88 Å². The number of hydrogen-bond acceptors (Lipinski definition) is 6. The first kappa shape index (κ1) is 17.1. The molecule has 0 spiro atoms. The molecule has 0 aliphatic heterocycles. The molecule has 2 aromatic rings. The molecule has 7 heteroatoms. The monoisotopic (exact) mass is 329 g/mol. The van der Waals surface area contributed by atoms with Gasteiger partial charge in [0.2, 0.25) is 0 Å². The van der Waals surface area contributed by atoms with Crippen LogP contribution in [0.1, 0.15) is 35.5 Å². The first-order chi connectivity index (χ1) is 11.4. The lowest BCUT2D eigenvalue weighted by atomic mass is 10.0. The molecule has 24 heavy (non-hydrogen) atoms. The minimum absolute atomic E-state index is 0.166. The second-order valence-corrected chi connectivity index (χ2v) is 4.91. The summed E-state index contributed by atoms with van der Waals surface area (Å²) in [5, 5.41) is 10.6. The molecule has 7 nitrogen and oxygen atoms in total. The van der Waals surface area contributed by atoms with Gasteiger partial charge < -0.3 is 9.15 Å². The summed E-state index contributed by atoms with van der Waals surface area (Å²) in [7, 11) is 0. The molecule has 0 aliphatic rings. The van der Waals surface area contributed by atoms with Crippen molar-refractivity contribution in [2.75, 3.05) is 0 Å². The maximum absolute atomic E-state index is 12.4. The van der Waals surface area contributed by atoms with Crippen molar-refractivity contribution in [1.29, 1.82) is 0 Å². The Morgan fingerprint density at radius 3 is 2.62 bits per heavy atom. The molecule has 1 aromatic carbocycles. The third-order valence-corrected chi connectivity index (χ3v) is 3.16. The first-order valence-electron chi connectivity index (χ1n) is 7.18. The minimum atomic E-state index is -0.664. The summed E-state index contributed by atoms with van der Waals surface area (Å²) in [6, 6.07) is 7.58. The van der Waals surface area contributed by atoms with E-state index >= 15 is 0 Å². The highest BCUT2D eigenvalue weighted by Crippen LogP contribution is 2.23. The highest BCUT2D eigenvalue weighted by molar-refractivity contribution is 6.09. The van der Waals surface area contributed by atoms with Gasteiger partial charge in [-0.3, -0.25) is 19.7 Å². The number of furan rings is 1. The lowest BCUT2D eigenvalue weighted by molar-refractivity contribution is -0.402. The van der Waals surface area contributed by atoms with Gasteiger partial charge in [-0.15, -0.1) is 0 Å². The average molecular weight is 329 g/mol. The SMILES string of the molecule is CCc1ccc(OC(C)=O)c(C(=O)/C=C/c2ccc([N+](=O)[O-])o2)c1. The topological polar surface area (TPSA) is 99.7 Å². The van der Waals surface area contributed by atoms with Crippen LogP contribution >= 0.6 is 0 Å². The fraction of sp³-hybridized carbons (Fsp3) is 0.176. The Hall–Kier alpha value is -3.22. The van der Waals surface area contributed by atoms with Crippen molar-refractivity contribution in [1.82, 2.24) is 0 Å². The van der Waals surface area contributed by atoms with E-state index in [-0.39, 0.29) is 17.1 Å². The number of allylic oxidation sites excluding steroid dienone is 1. The normalized spacial score (nSPS) is 10.8. The van der Waals surface area contributed by atoms with Crippen LogP contribution in [0.2, 0.25) is 0 Å². The van der Waals surface area contributed by atoms with Crippen LogP contribution in [0.15, 0.2) is 40.8 Å². The average Bonchev–Trinajstić information content (AvgIpc) is 3.01. The molecular weight excluding hydrogens is 314 g/mol. The van der Waals surface area contributed by atoms with Gasteiger partial charge in [0.05, 0.1) is 11.6 Å². The quantitative estimate of drug-likeness (QED) is 0.200. The van der Waals surface area contributed by atoms with Gasteiger partial charge in [0.1, 0.15) is 16.4 Å². The molecule has 0 amide bonds. The van der Waals surface area contributed by atoms with Crippen LogP contribution in [-0.4, -0.2) is 16.7 Å². The van der Waals surface area contributed by atoms with Crippen LogP contribution in [-0.2, 0) is 11.2 Å². The van der Waals surface area contributed by atoms with Gasteiger partial charge in [-0.05, 0) is 42.3 Å². The van der Waals surface area contributed by atoms with Crippen molar-refractivity contribution in [3.05, 3.63) is 63.4 Å². The number of rotatable bonds is 6. The van der Waals surface area contributed by atoms with E-state index in [0.29, 0.717) is 6.42 Å². The van der Waals surface area contributed by atoms with Gasteiger partial charge in [0, 0.05) is 6.92 Å². The fourth-order valence-electron chi connectivity index (χ4n) is 2.01. The second kappa shape index (κ2) is 7.36. The predicted molar refractivity (Wildman–Crippen MR) is 85.9 cm³/mol. The zero-order chi connectivity index (χ0) is 17.7. The van der Waals surface area contributed by atoms with E-state index in [0.717, 1.165) is 5.56 Å². The van der Waals surface area contributed by atoms with Crippen LogP contribution < -0.4 is 4.74 Å². The number of aryl methyl sites for hydroxylation is 1. The molecule has 0 radical (unpaired) electrons. The molecule has 0 aliphatic carbocycles. The Morgan fingerprint density at radius 1 is 1.29 bits per heavy atom. The summed E-state index contributed by atoms with van der Waals surface area (Å²) in [5.74, 6) is -0.995. The number of esters is 1. The number of hydrogen-bond donors (Lipinski definition) is 0. The maximum atomic E-state index is 12.4. The van der Waals surface area contributed by atoms with Gasteiger partial charge in [0.15, 0.2) is 5.78 Å². The van der Waals surface area contributed by atoms with Crippen molar-refractivity contribution < 1.29 is 23.7 Å². The predicted octanol–water partition coefficient (Wildman–Crippen LogP) is 3.57. The largest absolute Gasteiger partial charge is 0.433 e. The van der Waals surface area contributed by atoms with E-state index in [1.807, 2.05) is 6.92 Å². The van der Waals surface area contributed by atoms with Crippen molar-refractivity contribution in [3.63, 3.8) is 0 Å². The molecule has 2 rings (SSSR count). The fourth-order valence-corrected chi connectivity index (χ4v) is 2.01. The summed E-state index contributed by atoms with van der Waals surface area (Å²) < 4.78 is 9.99. The first-order valence-corrected chi connectivity index (χ1v) is 7.18. The van der Waals surface area contributed by atoms with Gasteiger partial charge in [-0.2, -0.15) is 0 Å². The smallest absolute Gasteiger partial charge is 0.426 e. The van der Waals surface area contributed by atoms with Crippen molar-refractivity contribution in [2.24, 2.45) is 0 Å². The number of carbonyl (C=O) groups excluding carboxylic acids is 2. The number of carbonyl (C=O) groups is 2. The van der Waals surface area contributed by atoms with E-state index in [1.165, 1.54) is 31.2 Å². The van der Waals surface area contributed by atoms with E-state index in [1.54, 1.807) is 18.2 Å². The van der Waals surface area contributed by atoms with E-state index in [9.17, 15) is 19.7 Å². The molecule has 1 aromatic heterocycles. The third-order valence-electron chi connectivity index (χ3n) is 3.16. The molecule has 124 valence electrons. The number of ether oxygens (including phenoxy) is 1. The summed E-state index contributed by atoms with van der Waals surface area (Å²) in [4.78, 5) is 33.4. The molecule has 0 bridgehead atoms. The highest BCUT2D eigenvalue weighted by Gasteiger charge is 2.14. The third kappa shape index (κ3) is 4.16. The standard InChI is InChI=1S/C17H15NO6/c1-3-12-4-8-16(23-11(2)19)14(10-12)15(20)7-5-13-6-9-17(24-13)18(21)22/h4-10H,3H2,1-2H3/b7-5+. The molecule has 0 saturated carbocycles. The summed E-state index contributed by atoms with van der Waals surface area (Å²) in [6.45, 7) is 3.19. The maximum Gasteiger partial charge on any atom is 0.433 e. The lowest BCUT2D eigenvalue weighted by Gasteiger charge is -2.08. The Balaban J connectivity index is 2.28. The zero-order valence-electron chi connectivity index (χ0n) is 13.1.